The minimum absolute atomic E-state index is 0.100. The first-order valence-corrected chi connectivity index (χ1v) is 7.20. The van der Waals surface area contributed by atoms with E-state index in [0.717, 1.165) is 50.7 Å². The van der Waals surface area contributed by atoms with Crippen molar-refractivity contribution in [1.82, 2.24) is 19.6 Å². The molecule has 0 aromatic carbocycles. The van der Waals surface area contributed by atoms with E-state index >= 15 is 0 Å². The Hall–Kier alpha value is -1.20. The van der Waals surface area contributed by atoms with Crippen LogP contribution in [-0.4, -0.2) is 64.1 Å². The maximum Gasteiger partial charge on any atom is 0.157 e. The van der Waals surface area contributed by atoms with Gasteiger partial charge in [0.1, 0.15) is 0 Å². The van der Waals surface area contributed by atoms with Gasteiger partial charge in [-0.15, -0.1) is 0 Å². The molecule has 4 rings (SSSR count). The van der Waals surface area contributed by atoms with Crippen LogP contribution in [0.3, 0.4) is 0 Å². The highest BCUT2D eigenvalue weighted by Gasteiger charge is 2.36. The highest BCUT2D eigenvalue weighted by molar-refractivity contribution is 5.86. The number of rotatable bonds is 4. The lowest BCUT2D eigenvalue weighted by Gasteiger charge is -2.46. The van der Waals surface area contributed by atoms with E-state index in [1.165, 1.54) is 0 Å². The Bertz CT molecular complexity index is 474. The van der Waals surface area contributed by atoms with Gasteiger partial charge in [0.25, 0.3) is 0 Å². The summed E-state index contributed by atoms with van der Waals surface area (Å²) in [6.07, 6.45) is 0.518. The molecule has 3 aliphatic heterocycles. The number of ketones is 1. The lowest BCUT2D eigenvalue weighted by atomic mass is 10.0. The molecule has 3 saturated heterocycles. The van der Waals surface area contributed by atoms with Gasteiger partial charge in [0.15, 0.2) is 5.78 Å². The zero-order valence-electron chi connectivity index (χ0n) is 11.8. The van der Waals surface area contributed by atoms with E-state index in [2.05, 4.69) is 21.8 Å². The predicted molar refractivity (Wildman–Crippen MR) is 73.2 cm³/mol. The topological polar surface area (TPSA) is 41.4 Å². The van der Waals surface area contributed by atoms with Crippen molar-refractivity contribution in [3.05, 3.63) is 17.5 Å². The summed E-state index contributed by atoms with van der Waals surface area (Å²) < 4.78 is 1.95. The van der Waals surface area contributed by atoms with Crippen LogP contribution in [0.2, 0.25) is 0 Å². The number of nitrogens with zero attached hydrogens (tertiary/aromatic N) is 4. The second-order valence-electron chi connectivity index (χ2n) is 5.59. The number of carbonyl (C=O) groups excluding carboxylic acids is 1. The van der Waals surface area contributed by atoms with Crippen molar-refractivity contribution in [2.24, 2.45) is 0 Å². The Labute approximate surface area is 114 Å². The molecule has 0 spiro atoms. The number of carbonyl (C=O) groups is 1. The molecular weight excluding hydrogens is 240 g/mol. The van der Waals surface area contributed by atoms with Crippen LogP contribution < -0.4 is 0 Å². The number of fused-ring (bicyclic) bond motifs is 3. The van der Waals surface area contributed by atoms with Gasteiger partial charge in [-0.05, 0) is 19.9 Å². The van der Waals surface area contributed by atoms with Crippen LogP contribution in [0.25, 0.3) is 0 Å². The van der Waals surface area contributed by atoms with Crippen LogP contribution in [0.15, 0.2) is 6.07 Å². The van der Waals surface area contributed by atoms with Gasteiger partial charge in [0.2, 0.25) is 0 Å². The third-order valence-electron chi connectivity index (χ3n) is 4.29. The third kappa shape index (κ3) is 2.44. The molecule has 3 aliphatic rings. The lowest BCUT2D eigenvalue weighted by Crippen LogP contribution is -2.63. The zero-order chi connectivity index (χ0) is 13.4. The molecule has 5 nitrogen and oxygen atoms in total. The largest absolute Gasteiger partial charge is 0.299 e. The van der Waals surface area contributed by atoms with Crippen molar-refractivity contribution in [2.45, 2.75) is 32.9 Å². The Kier molecular flexibility index (Phi) is 3.41. The average molecular weight is 262 g/mol. The van der Waals surface area contributed by atoms with Crippen LogP contribution in [0.1, 0.15) is 18.3 Å². The first-order chi connectivity index (χ1) is 9.17. The van der Waals surface area contributed by atoms with Crippen LogP contribution in [0, 0.1) is 6.92 Å². The Morgan fingerprint density at radius 2 is 2.11 bits per heavy atom. The standard InChI is InChI=1S/C14H22N4O/c1-3-18-12(8-11(2)15-18)9-14(19)13-10-16-4-6-17(13)7-5-16/h8,13H,3-7,9-10H2,1-2H3. The number of hydrogen-bond acceptors (Lipinski definition) is 4. The summed E-state index contributed by atoms with van der Waals surface area (Å²) >= 11 is 0. The summed E-state index contributed by atoms with van der Waals surface area (Å²) in [6, 6.07) is 2.14. The van der Waals surface area contributed by atoms with Crippen molar-refractivity contribution in [2.75, 3.05) is 32.7 Å². The maximum absolute atomic E-state index is 12.5. The highest BCUT2D eigenvalue weighted by atomic mass is 16.1. The quantitative estimate of drug-likeness (QED) is 0.784. The van der Waals surface area contributed by atoms with Crippen LogP contribution in [0.4, 0.5) is 0 Å². The van der Waals surface area contributed by atoms with Gasteiger partial charge in [-0.2, -0.15) is 5.10 Å². The molecule has 19 heavy (non-hydrogen) atoms. The third-order valence-corrected chi connectivity index (χ3v) is 4.29. The molecule has 1 atom stereocenters. The van der Waals surface area contributed by atoms with E-state index in [4.69, 9.17) is 0 Å². The first-order valence-electron chi connectivity index (χ1n) is 7.20. The molecule has 5 heteroatoms. The van der Waals surface area contributed by atoms with Crippen molar-refractivity contribution in [3.8, 4) is 0 Å². The molecule has 104 valence electrons. The first kappa shape index (κ1) is 12.8. The van der Waals surface area contributed by atoms with Crippen LogP contribution in [-0.2, 0) is 17.8 Å². The molecule has 2 bridgehead atoms. The number of piperazine rings is 3. The SMILES string of the molecule is CCn1nc(C)cc1CC(=O)C1CN2CCN1CC2. The van der Waals surface area contributed by atoms with Gasteiger partial charge in [0.05, 0.1) is 18.2 Å². The highest BCUT2D eigenvalue weighted by Crippen LogP contribution is 2.18. The van der Waals surface area contributed by atoms with Gasteiger partial charge in [-0.3, -0.25) is 19.3 Å². The fourth-order valence-corrected chi connectivity index (χ4v) is 3.23. The van der Waals surface area contributed by atoms with Gasteiger partial charge in [-0.1, -0.05) is 0 Å². The van der Waals surface area contributed by atoms with E-state index in [9.17, 15) is 4.79 Å². The molecule has 0 aliphatic carbocycles. The van der Waals surface area contributed by atoms with Crippen molar-refractivity contribution >= 4 is 5.78 Å². The van der Waals surface area contributed by atoms with E-state index in [0.29, 0.717) is 12.2 Å². The second-order valence-corrected chi connectivity index (χ2v) is 5.59. The Balaban J connectivity index is 1.71. The molecule has 0 N–H and O–H groups in total. The smallest absolute Gasteiger partial charge is 0.157 e. The Morgan fingerprint density at radius 3 is 2.68 bits per heavy atom. The molecule has 1 aromatic rings. The number of aromatic nitrogens is 2. The molecule has 4 heterocycles. The van der Waals surface area contributed by atoms with E-state index < -0.39 is 0 Å². The van der Waals surface area contributed by atoms with Crippen molar-refractivity contribution in [3.63, 3.8) is 0 Å². The zero-order valence-corrected chi connectivity index (χ0v) is 11.8. The lowest BCUT2D eigenvalue weighted by molar-refractivity contribution is -0.128. The van der Waals surface area contributed by atoms with E-state index in [1.54, 1.807) is 0 Å². The summed E-state index contributed by atoms with van der Waals surface area (Å²) in [5.74, 6) is 0.346. The summed E-state index contributed by atoms with van der Waals surface area (Å²) in [5, 5.41) is 4.42. The second kappa shape index (κ2) is 5.06. The molecule has 3 fully saturated rings. The normalized spacial score (nSPS) is 29.7. The molecule has 1 aromatic heterocycles. The monoisotopic (exact) mass is 262 g/mol. The molecule has 0 radical (unpaired) electrons. The van der Waals surface area contributed by atoms with Gasteiger partial charge < -0.3 is 0 Å². The number of hydrogen-bond donors (Lipinski definition) is 0. The van der Waals surface area contributed by atoms with Gasteiger partial charge in [0, 0.05) is 45.0 Å². The summed E-state index contributed by atoms with van der Waals surface area (Å²) in [6.45, 7) is 10.1. The number of aryl methyl sites for hydroxylation is 2. The molecule has 0 amide bonds. The fourth-order valence-electron chi connectivity index (χ4n) is 3.23. The van der Waals surface area contributed by atoms with Crippen molar-refractivity contribution in [1.29, 1.82) is 0 Å². The maximum atomic E-state index is 12.5. The minimum Gasteiger partial charge on any atom is -0.299 e. The summed E-state index contributed by atoms with van der Waals surface area (Å²) in [4.78, 5) is 17.3. The predicted octanol–water partition coefficient (Wildman–Crippen LogP) is 0.323. The van der Waals surface area contributed by atoms with Crippen molar-refractivity contribution < 1.29 is 4.79 Å². The summed E-state index contributed by atoms with van der Waals surface area (Å²) in [5.41, 5.74) is 2.06. The molecular formula is C14H22N4O. The van der Waals surface area contributed by atoms with Crippen LogP contribution in [0.5, 0.6) is 0 Å². The summed E-state index contributed by atoms with van der Waals surface area (Å²) in [7, 11) is 0. The van der Waals surface area contributed by atoms with Crippen LogP contribution >= 0.6 is 0 Å². The van der Waals surface area contributed by atoms with Gasteiger partial charge >= 0.3 is 0 Å². The Morgan fingerprint density at radius 1 is 1.37 bits per heavy atom. The molecule has 0 saturated carbocycles. The molecule has 1 unspecified atom stereocenters. The average Bonchev–Trinajstić information content (AvgIpc) is 2.80. The fraction of sp³-hybridized carbons (Fsp3) is 0.714. The van der Waals surface area contributed by atoms with E-state index in [-0.39, 0.29) is 6.04 Å². The van der Waals surface area contributed by atoms with Gasteiger partial charge in [-0.25, -0.2) is 0 Å². The van der Waals surface area contributed by atoms with E-state index in [1.807, 2.05) is 17.7 Å². The number of Topliss-reactive ketones (excluding diaryl/α,β-unsaturated/α-hetero) is 1. The minimum atomic E-state index is 0.100.